The average molecular weight is 358 g/mol. The first-order valence-electron chi connectivity index (χ1n) is 8.19. The second-order valence-electron chi connectivity index (χ2n) is 5.93. The minimum absolute atomic E-state index is 0.306. The van der Waals surface area contributed by atoms with Gasteiger partial charge in [0.05, 0.1) is 13.1 Å². The number of nitrogens with zero attached hydrogens (tertiary/aromatic N) is 4. The number of carboxylic acid groups (broad SMARTS) is 2. The lowest BCUT2D eigenvalue weighted by Crippen LogP contribution is -2.40. The van der Waals surface area contributed by atoms with Crippen molar-refractivity contribution in [2.24, 2.45) is 0 Å². The van der Waals surface area contributed by atoms with Crippen LogP contribution in [-0.4, -0.2) is 68.1 Å². The molecule has 0 aliphatic heterocycles. The van der Waals surface area contributed by atoms with E-state index >= 15 is 0 Å². The fourth-order valence-electron chi connectivity index (χ4n) is 2.59. The molecular formula is C18H22N4O4. The first kappa shape index (κ1) is 19.5. The lowest BCUT2D eigenvalue weighted by molar-refractivity contribution is -0.141. The van der Waals surface area contributed by atoms with Crippen molar-refractivity contribution in [1.29, 1.82) is 0 Å². The van der Waals surface area contributed by atoms with Crippen LogP contribution in [0.5, 0.6) is 0 Å². The maximum absolute atomic E-state index is 11.0. The van der Waals surface area contributed by atoms with Gasteiger partial charge in [0.25, 0.3) is 0 Å². The fourth-order valence-corrected chi connectivity index (χ4v) is 2.59. The van der Waals surface area contributed by atoms with Gasteiger partial charge < -0.3 is 10.2 Å². The molecule has 0 fully saturated rings. The highest BCUT2D eigenvalue weighted by atomic mass is 16.4. The summed E-state index contributed by atoms with van der Waals surface area (Å²) in [7, 11) is 0. The number of pyridine rings is 2. The quantitative estimate of drug-likeness (QED) is 0.611. The molecule has 26 heavy (non-hydrogen) atoms. The van der Waals surface area contributed by atoms with Gasteiger partial charge in [-0.1, -0.05) is 12.1 Å². The number of hydrogen-bond donors (Lipinski definition) is 2. The van der Waals surface area contributed by atoms with Gasteiger partial charge in [-0.2, -0.15) is 0 Å². The Bertz CT molecular complexity index is 639. The van der Waals surface area contributed by atoms with Crippen LogP contribution >= 0.6 is 0 Å². The van der Waals surface area contributed by atoms with Crippen molar-refractivity contribution in [1.82, 2.24) is 19.8 Å². The van der Waals surface area contributed by atoms with Gasteiger partial charge in [0.2, 0.25) is 0 Å². The molecule has 0 radical (unpaired) electrons. The summed E-state index contributed by atoms with van der Waals surface area (Å²) in [4.78, 5) is 33.7. The van der Waals surface area contributed by atoms with Crippen LogP contribution < -0.4 is 0 Å². The molecule has 0 spiro atoms. The molecule has 8 nitrogen and oxygen atoms in total. The van der Waals surface area contributed by atoms with E-state index in [0.717, 1.165) is 11.1 Å². The van der Waals surface area contributed by atoms with Crippen LogP contribution in [0.1, 0.15) is 11.1 Å². The van der Waals surface area contributed by atoms with E-state index in [4.69, 9.17) is 10.2 Å². The van der Waals surface area contributed by atoms with Crippen molar-refractivity contribution < 1.29 is 19.8 Å². The number of hydrogen-bond acceptors (Lipinski definition) is 6. The molecule has 2 heterocycles. The molecule has 0 aliphatic rings. The van der Waals surface area contributed by atoms with Gasteiger partial charge in [-0.15, -0.1) is 0 Å². The number of carboxylic acids is 2. The van der Waals surface area contributed by atoms with Gasteiger partial charge in [-0.3, -0.25) is 29.4 Å². The minimum Gasteiger partial charge on any atom is -0.480 e. The third-order valence-electron chi connectivity index (χ3n) is 3.71. The predicted octanol–water partition coefficient (Wildman–Crippen LogP) is 0.950. The number of carbonyl (C=O) groups is 2. The maximum Gasteiger partial charge on any atom is 0.317 e. The van der Waals surface area contributed by atoms with Crippen LogP contribution in [-0.2, 0) is 22.7 Å². The van der Waals surface area contributed by atoms with Crippen LogP contribution in [0.2, 0.25) is 0 Å². The zero-order valence-corrected chi connectivity index (χ0v) is 14.4. The molecule has 0 atom stereocenters. The highest BCUT2D eigenvalue weighted by Gasteiger charge is 2.15. The number of aromatic nitrogens is 2. The van der Waals surface area contributed by atoms with E-state index in [2.05, 4.69) is 14.9 Å². The van der Waals surface area contributed by atoms with Crippen LogP contribution in [0.4, 0.5) is 0 Å². The number of aliphatic carboxylic acids is 2. The second kappa shape index (κ2) is 10.2. The van der Waals surface area contributed by atoms with E-state index < -0.39 is 11.9 Å². The van der Waals surface area contributed by atoms with E-state index in [1.807, 2.05) is 24.3 Å². The first-order valence-corrected chi connectivity index (χ1v) is 8.19. The average Bonchev–Trinajstić information content (AvgIpc) is 2.60. The SMILES string of the molecule is O=C(O)CN(CCN(Cc1cccnc1)Cc1cccnc1)CC(=O)O. The number of rotatable bonds is 11. The van der Waals surface area contributed by atoms with Crippen molar-refractivity contribution in [3.8, 4) is 0 Å². The Morgan fingerprint density at radius 2 is 1.27 bits per heavy atom. The molecule has 0 aromatic carbocycles. The van der Waals surface area contributed by atoms with E-state index in [9.17, 15) is 9.59 Å². The first-order chi connectivity index (χ1) is 12.5. The molecular weight excluding hydrogens is 336 g/mol. The van der Waals surface area contributed by atoms with Gasteiger partial charge in [-0.25, -0.2) is 0 Å². The molecule has 0 saturated heterocycles. The highest BCUT2D eigenvalue weighted by molar-refractivity contribution is 5.72. The predicted molar refractivity (Wildman–Crippen MR) is 94.3 cm³/mol. The Hall–Kier alpha value is -2.84. The van der Waals surface area contributed by atoms with E-state index in [0.29, 0.717) is 26.2 Å². The van der Waals surface area contributed by atoms with Crippen molar-refractivity contribution in [2.75, 3.05) is 26.2 Å². The van der Waals surface area contributed by atoms with Crippen molar-refractivity contribution in [2.45, 2.75) is 13.1 Å². The Morgan fingerprint density at radius 1 is 0.808 bits per heavy atom. The van der Waals surface area contributed by atoms with Gasteiger partial charge >= 0.3 is 11.9 Å². The lowest BCUT2D eigenvalue weighted by atomic mass is 10.2. The summed E-state index contributed by atoms with van der Waals surface area (Å²) in [5.41, 5.74) is 2.05. The summed E-state index contributed by atoms with van der Waals surface area (Å²) >= 11 is 0. The van der Waals surface area contributed by atoms with Gasteiger partial charge in [0.1, 0.15) is 0 Å². The Morgan fingerprint density at radius 3 is 1.65 bits per heavy atom. The maximum atomic E-state index is 11.0. The summed E-state index contributed by atoms with van der Waals surface area (Å²) < 4.78 is 0. The third kappa shape index (κ3) is 7.37. The van der Waals surface area contributed by atoms with Gasteiger partial charge in [-0.05, 0) is 23.3 Å². The topological polar surface area (TPSA) is 107 Å². The Labute approximate surface area is 151 Å². The molecule has 138 valence electrons. The largest absolute Gasteiger partial charge is 0.480 e. The van der Waals surface area contributed by atoms with Crippen LogP contribution in [0.15, 0.2) is 49.1 Å². The van der Waals surface area contributed by atoms with Crippen molar-refractivity contribution in [3.63, 3.8) is 0 Å². The molecule has 0 unspecified atom stereocenters. The van der Waals surface area contributed by atoms with Crippen molar-refractivity contribution >= 4 is 11.9 Å². The summed E-state index contributed by atoms with van der Waals surface area (Å²) in [6.45, 7) is 1.48. The van der Waals surface area contributed by atoms with E-state index in [1.165, 1.54) is 4.90 Å². The zero-order valence-electron chi connectivity index (χ0n) is 14.4. The summed E-state index contributed by atoms with van der Waals surface area (Å²) in [6, 6.07) is 7.66. The van der Waals surface area contributed by atoms with Crippen molar-refractivity contribution in [3.05, 3.63) is 60.2 Å². The molecule has 2 aromatic heterocycles. The molecule has 0 saturated carbocycles. The zero-order chi connectivity index (χ0) is 18.8. The summed E-state index contributed by atoms with van der Waals surface area (Å²) in [6.07, 6.45) is 6.97. The third-order valence-corrected chi connectivity index (χ3v) is 3.71. The highest BCUT2D eigenvalue weighted by Crippen LogP contribution is 2.09. The summed E-state index contributed by atoms with van der Waals surface area (Å²) in [5, 5.41) is 17.9. The second-order valence-corrected chi connectivity index (χ2v) is 5.93. The van der Waals surface area contributed by atoms with Gasteiger partial charge in [0.15, 0.2) is 0 Å². The lowest BCUT2D eigenvalue weighted by Gasteiger charge is -2.26. The smallest absolute Gasteiger partial charge is 0.317 e. The van der Waals surface area contributed by atoms with Crippen LogP contribution in [0, 0.1) is 0 Å². The standard InChI is InChI=1S/C18H22N4O4/c23-17(24)13-22(14-18(25)26)8-7-21(11-15-3-1-5-19-9-15)12-16-4-2-6-20-10-16/h1-6,9-10H,7-8,11-14H2,(H,23,24)(H,25,26). The van der Waals surface area contributed by atoms with Gasteiger partial charge in [0, 0.05) is 51.0 Å². The van der Waals surface area contributed by atoms with Crippen LogP contribution in [0.25, 0.3) is 0 Å². The molecule has 2 aromatic rings. The molecule has 0 aliphatic carbocycles. The molecule has 8 heteroatoms. The molecule has 0 bridgehead atoms. The molecule has 2 N–H and O–H groups in total. The Balaban J connectivity index is 2.03. The molecule has 0 amide bonds. The summed E-state index contributed by atoms with van der Waals surface area (Å²) in [5.74, 6) is -2.09. The van der Waals surface area contributed by atoms with E-state index in [-0.39, 0.29) is 13.1 Å². The van der Waals surface area contributed by atoms with E-state index in [1.54, 1.807) is 24.8 Å². The monoisotopic (exact) mass is 358 g/mol. The Kier molecular flexibility index (Phi) is 7.66. The molecule has 2 rings (SSSR count). The van der Waals surface area contributed by atoms with Crippen LogP contribution in [0.3, 0.4) is 0 Å². The normalized spacial score (nSPS) is 11.0. The minimum atomic E-state index is -1.04. The fraction of sp³-hybridized carbons (Fsp3) is 0.333.